The topological polar surface area (TPSA) is 84.4 Å². The van der Waals surface area contributed by atoms with E-state index in [1.54, 1.807) is 0 Å². The van der Waals surface area contributed by atoms with Gasteiger partial charge in [-0.15, -0.1) is 10.2 Å². The molecule has 3 heterocycles. The zero-order chi connectivity index (χ0) is 23.9. The largest absolute Gasteiger partial charge is 0.457 e. The average Bonchev–Trinajstić information content (AvgIpc) is 3.49. The Morgan fingerprint density at radius 3 is 2.34 bits per heavy atom. The van der Waals surface area contributed by atoms with Gasteiger partial charge in [0.2, 0.25) is 16.9 Å². The molecule has 0 radical (unpaired) electrons. The van der Waals surface area contributed by atoms with E-state index in [9.17, 15) is 9.59 Å². The number of rotatable bonds is 4. The zero-order valence-corrected chi connectivity index (χ0v) is 19.8. The molecular formula is C27H22N4O3S. The van der Waals surface area contributed by atoms with Crippen LogP contribution in [0.1, 0.15) is 40.0 Å². The summed E-state index contributed by atoms with van der Waals surface area (Å²) in [7, 11) is 0. The molecule has 0 spiro atoms. The molecule has 7 nitrogen and oxygen atoms in total. The molecule has 1 N–H and O–H groups in total. The van der Waals surface area contributed by atoms with E-state index in [0.29, 0.717) is 29.6 Å². The number of hydrogen-bond acceptors (Lipinski definition) is 6. The predicted octanol–water partition coefficient (Wildman–Crippen LogP) is 5.24. The summed E-state index contributed by atoms with van der Waals surface area (Å²) in [6.07, 6.45) is 0.373. The van der Waals surface area contributed by atoms with Gasteiger partial charge >= 0.3 is 0 Å². The van der Waals surface area contributed by atoms with Crippen LogP contribution in [0.25, 0.3) is 0 Å². The molecule has 1 atom stereocenters. The summed E-state index contributed by atoms with van der Waals surface area (Å²) in [5.74, 6) is 0.637. The third kappa shape index (κ3) is 3.85. The van der Waals surface area contributed by atoms with Crippen molar-refractivity contribution in [3.05, 3.63) is 94.5 Å². The van der Waals surface area contributed by atoms with Crippen molar-refractivity contribution < 1.29 is 14.3 Å². The predicted molar refractivity (Wildman–Crippen MR) is 134 cm³/mol. The van der Waals surface area contributed by atoms with Crippen LogP contribution in [0, 0.1) is 6.92 Å². The molecule has 1 fully saturated rings. The summed E-state index contributed by atoms with van der Waals surface area (Å²) in [5.41, 5.74) is 3.60. The molecular weight excluding hydrogens is 460 g/mol. The molecule has 2 aliphatic rings. The Labute approximate surface area is 206 Å². The van der Waals surface area contributed by atoms with E-state index < -0.39 is 5.92 Å². The fourth-order valence-electron chi connectivity index (χ4n) is 4.79. The van der Waals surface area contributed by atoms with Crippen molar-refractivity contribution in [2.24, 2.45) is 0 Å². The lowest BCUT2D eigenvalue weighted by Crippen LogP contribution is -2.25. The Morgan fingerprint density at radius 2 is 1.63 bits per heavy atom. The molecule has 1 saturated heterocycles. The average molecular weight is 483 g/mol. The number of carbonyl (C=O) groups is 2. The number of aromatic nitrogens is 2. The second-order valence-electron chi connectivity index (χ2n) is 8.74. The lowest BCUT2D eigenvalue weighted by molar-refractivity contribution is -0.117. The third-order valence-corrected chi connectivity index (χ3v) is 7.49. The Kier molecular flexibility index (Phi) is 5.30. The van der Waals surface area contributed by atoms with Gasteiger partial charge in [0.25, 0.3) is 0 Å². The molecule has 1 unspecified atom stereocenters. The third-order valence-electron chi connectivity index (χ3n) is 6.49. The van der Waals surface area contributed by atoms with Gasteiger partial charge in [0, 0.05) is 35.7 Å². The monoisotopic (exact) mass is 482 g/mol. The SMILES string of the molecule is Cc1ccccc1N1CC(c2nnc(NC(=O)C3c4ccccc4Oc4ccccc43)s2)CC1=O. The Morgan fingerprint density at radius 1 is 0.971 bits per heavy atom. The minimum atomic E-state index is -0.520. The molecule has 8 heteroatoms. The maximum Gasteiger partial charge on any atom is 0.238 e. The number of carbonyl (C=O) groups excluding carboxylic acids is 2. The number of benzene rings is 3. The highest BCUT2D eigenvalue weighted by Gasteiger charge is 2.36. The van der Waals surface area contributed by atoms with E-state index >= 15 is 0 Å². The molecule has 35 heavy (non-hydrogen) atoms. The summed E-state index contributed by atoms with van der Waals surface area (Å²) in [4.78, 5) is 28.0. The normalized spacial score (nSPS) is 17.0. The van der Waals surface area contributed by atoms with Crippen molar-refractivity contribution in [3.8, 4) is 11.5 Å². The minimum Gasteiger partial charge on any atom is -0.457 e. The van der Waals surface area contributed by atoms with Crippen LogP contribution in [-0.2, 0) is 9.59 Å². The van der Waals surface area contributed by atoms with Crippen molar-refractivity contribution in [1.29, 1.82) is 0 Å². The number of para-hydroxylation sites is 3. The number of nitrogens with one attached hydrogen (secondary N) is 1. The van der Waals surface area contributed by atoms with Gasteiger partial charge in [0.05, 0.1) is 5.92 Å². The number of amides is 2. The van der Waals surface area contributed by atoms with Crippen LogP contribution in [0.3, 0.4) is 0 Å². The molecule has 4 aromatic rings. The van der Waals surface area contributed by atoms with Gasteiger partial charge in [-0.25, -0.2) is 0 Å². The van der Waals surface area contributed by atoms with Gasteiger partial charge in [0.1, 0.15) is 16.5 Å². The maximum atomic E-state index is 13.5. The molecule has 0 bridgehead atoms. The number of anilines is 2. The van der Waals surface area contributed by atoms with E-state index in [1.165, 1.54) is 11.3 Å². The number of nitrogens with zero attached hydrogens (tertiary/aromatic N) is 3. The van der Waals surface area contributed by atoms with Crippen LogP contribution in [0.2, 0.25) is 0 Å². The van der Waals surface area contributed by atoms with E-state index in [2.05, 4.69) is 15.5 Å². The molecule has 2 amide bonds. The Bertz CT molecular complexity index is 1400. The first kappa shape index (κ1) is 21.5. The molecule has 1 aromatic heterocycles. The number of hydrogen-bond donors (Lipinski definition) is 1. The van der Waals surface area contributed by atoms with Gasteiger partial charge < -0.3 is 9.64 Å². The van der Waals surface area contributed by atoms with Gasteiger partial charge in [-0.05, 0) is 30.7 Å². The second-order valence-corrected chi connectivity index (χ2v) is 9.75. The van der Waals surface area contributed by atoms with Crippen LogP contribution in [0.4, 0.5) is 10.8 Å². The van der Waals surface area contributed by atoms with Gasteiger partial charge in [0.15, 0.2) is 0 Å². The number of fused-ring (bicyclic) bond motifs is 2. The highest BCUT2D eigenvalue weighted by atomic mass is 32.1. The number of ether oxygens (including phenoxy) is 1. The van der Waals surface area contributed by atoms with Gasteiger partial charge in [-0.1, -0.05) is 65.9 Å². The van der Waals surface area contributed by atoms with Crippen molar-refractivity contribution >= 4 is 34.0 Å². The van der Waals surface area contributed by atoms with Crippen LogP contribution in [0.15, 0.2) is 72.8 Å². The summed E-state index contributed by atoms with van der Waals surface area (Å²) >= 11 is 1.32. The molecule has 2 aliphatic heterocycles. The van der Waals surface area contributed by atoms with Crippen LogP contribution in [-0.4, -0.2) is 28.6 Å². The lowest BCUT2D eigenvalue weighted by atomic mass is 9.87. The summed E-state index contributed by atoms with van der Waals surface area (Å²) in [5, 5.41) is 12.7. The minimum absolute atomic E-state index is 0.0604. The smallest absolute Gasteiger partial charge is 0.238 e. The van der Waals surface area contributed by atoms with E-state index in [1.807, 2.05) is 84.6 Å². The van der Waals surface area contributed by atoms with E-state index in [0.717, 1.165) is 27.4 Å². The first-order valence-electron chi connectivity index (χ1n) is 11.4. The lowest BCUT2D eigenvalue weighted by Gasteiger charge is -2.27. The second kappa shape index (κ2) is 8.63. The summed E-state index contributed by atoms with van der Waals surface area (Å²) < 4.78 is 6.00. The highest BCUT2D eigenvalue weighted by Crippen LogP contribution is 2.44. The summed E-state index contributed by atoms with van der Waals surface area (Å²) in [6, 6.07) is 23.0. The first-order chi connectivity index (χ1) is 17.1. The Hall–Kier alpha value is -4.04. The van der Waals surface area contributed by atoms with Crippen LogP contribution < -0.4 is 15.0 Å². The Balaban J connectivity index is 1.22. The standard InChI is InChI=1S/C27H22N4O3S/c1-16-8-2-5-11-20(16)31-15-17(14-23(31)32)26-29-30-27(35-26)28-25(33)24-18-9-3-6-12-21(18)34-22-13-7-4-10-19(22)24/h2-13,17,24H,14-15H2,1H3,(H,28,30,33). The van der Waals surface area contributed by atoms with Crippen LogP contribution in [0.5, 0.6) is 11.5 Å². The van der Waals surface area contributed by atoms with E-state index in [-0.39, 0.29) is 17.7 Å². The van der Waals surface area contributed by atoms with Crippen molar-refractivity contribution in [2.45, 2.75) is 25.2 Å². The zero-order valence-electron chi connectivity index (χ0n) is 19.0. The molecule has 174 valence electrons. The van der Waals surface area contributed by atoms with Crippen molar-refractivity contribution in [3.63, 3.8) is 0 Å². The number of aryl methyl sites for hydroxylation is 1. The van der Waals surface area contributed by atoms with Crippen LogP contribution >= 0.6 is 11.3 Å². The molecule has 0 aliphatic carbocycles. The molecule has 3 aromatic carbocycles. The maximum absolute atomic E-state index is 13.5. The van der Waals surface area contributed by atoms with Crippen molar-refractivity contribution in [1.82, 2.24) is 10.2 Å². The van der Waals surface area contributed by atoms with Crippen molar-refractivity contribution in [2.75, 3.05) is 16.8 Å². The quantitative estimate of drug-likeness (QED) is 0.430. The first-order valence-corrected chi connectivity index (χ1v) is 12.3. The van der Waals surface area contributed by atoms with Gasteiger partial charge in [-0.3, -0.25) is 14.9 Å². The fourth-order valence-corrected chi connectivity index (χ4v) is 5.63. The molecule has 6 rings (SSSR count). The molecule has 0 saturated carbocycles. The summed E-state index contributed by atoms with van der Waals surface area (Å²) in [6.45, 7) is 2.55. The van der Waals surface area contributed by atoms with Gasteiger partial charge in [-0.2, -0.15) is 0 Å². The van der Waals surface area contributed by atoms with E-state index in [4.69, 9.17) is 4.74 Å². The fraction of sp³-hybridized carbons (Fsp3) is 0.185. The highest BCUT2D eigenvalue weighted by molar-refractivity contribution is 7.15.